The second-order valence-electron chi connectivity index (χ2n) is 3.39. The average Bonchev–Trinajstić information content (AvgIpc) is 2.76. The van der Waals surface area contributed by atoms with Gasteiger partial charge in [0.15, 0.2) is 5.82 Å². The van der Waals surface area contributed by atoms with E-state index in [1.54, 1.807) is 11.3 Å². The van der Waals surface area contributed by atoms with Crippen LogP contribution in [0.5, 0.6) is 0 Å². The van der Waals surface area contributed by atoms with Crippen LogP contribution >= 0.6 is 49.9 Å². The van der Waals surface area contributed by atoms with E-state index in [1.165, 1.54) is 0 Å². The minimum absolute atomic E-state index is 0.794. The first-order chi connectivity index (χ1) is 8.15. The molecule has 3 nitrogen and oxygen atoms in total. The number of nitrogens with zero attached hydrogens (tertiary/aromatic N) is 2. The average molecular weight is 424 g/mol. The Hall–Kier alpha value is -0.210. The van der Waals surface area contributed by atoms with Gasteiger partial charge < -0.3 is 5.32 Å². The number of thiophene rings is 1. The molecule has 90 valence electrons. The van der Waals surface area contributed by atoms with Gasteiger partial charge in [0.05, 0.1) is 14.1 Å². The number of hydrogen-bond acceptors (Lipinski definition) is 4. The fourth-order valence-electron chi connectivity index (χ4n) is 1.43. The van der Waals surface area contributed by atoms with Crippen molar-refractivity contribution >= 4 is 55.7 Å². The monoisotopic (exact) mass is 423 g/mol. The third-order valence-corrected chi connectivity index (χ3v) is 5.10. The lowest BCUT2D eigenvalue weighted by molar-refractivity contribution is 0.992. The molecule has 0 aliphatic heterocycles. The van der Waals surface area contributed by atoms with Crippen LogP contribution in [-0.4, -0.2) is 17.0 Å². The van der Waals surface area contributed by atoms with E-state index in [2.05, 4.69) is 60.7 Å². The van der Waals surface area contributed by atoms with Gasteiger partial charge in [-0.3, -0.25) is 0 Å². The number of aryl methyl sites for hydroxylation is 1. The number of aromatic nitrogens is 2. The summed E-state index contributed by atoms with van der Waals surface area (Å²) in [6, 6.07) is 2.05. The summed E-state index contributed by atoms with van der Waals surface area (Å²) in [5, 5.41) is 5.16. The standard InChI is InChI=1S/C11H11BrIN3S/c1-3-7-9(13)11(14-2)16-10(15-7)8-4-6(12)5-17-8/h4-5H,3H2,1-2H3,(H,14,15,16). The van der Waals surface area contributed by atoms with Crippen molar-refractivity contribution < 1.29 is 0 Å². The molecule has 0 aliphatic carbocycles. The van der Waals surface area contributed by atoms with Gasteiger partial charge in [-0.1, -0.05) is 6.92 Å². The first kappa shape index (κ1) is 13.2. The maximum absolute atomic E-state index is 4.61. The maximum Gasteiger partial charge on any atom is 0.171 e. The van der Waals surface area contributed by atoms with Crippen molar-refractivity contribution in [1.29, 1.82) is 0 Å². The van der Waals surface area contributed by atoms with Crippen LogP contribution in [0, 0.1) is 3.57 Å². The Morgan fingerprint density at radius 3 is 2.76 bits per heavy atom. The molecule has 0 spiro atoms. The molecule has 0 fully saturated rings. The number of hydrogen-bond donors (Lipinski definition) is 1. The van der Waals surface area contributed by atoms with Gasteiger partial charge in [0.1, 0.15) is 5.82 Å². The van der Waals surface area contributed by atoms with E-state index < -0.39 is 0 Å². The van der Waals surface area contributed by atoms with E-state index in [0.29, 0.717) is 0 Å². The molecule has 0 unspecified atom stereocenters. The lowest BCUT2D eigenvalue weighted by Gasteiger charge is -2.08. The van der Waals surface area contributed by atoms with Crippen LogP contribution in [-0.2, 0) is 6.42 Å². The fraction of sp³-hybridized carbons (Fsp3) is 0.273. The van der Waals surface area contributed by atoms with Crippen molar-refractivity contribution in [3.05, 3.63) is 25.2 Å². The number of halogens is 2. The highest BCUT2D eigenvalue weighted by molar-refractivity contribution is 14.1. The van der Waals surface area contributed by atoms with Crippen molar-refractivity contribution in [3.63, 3.8) is 0 Å². The summed E-state index contributed by atoms with van der Waals surface area (Å²) in [6.07, 6.45) is 0.912. The van der Waals surface area contributed by atoms with Crippen molar-refractivity contribution in [1.82, 2.24) is 9.97 Å². The van der Waals surface area contributed by atoms with Crippen LogP contribution in [0.25, 0.3) is 10.7 Å². The van der Waals surface area contributed by atoms with Crippen LogP contribution in [0.4, 0.5) is 5.82 Å². The molecule has 17 heavy (non-hydrogen) atoms. The van der Waals surface area contributed by atoms with E-state index >= 15 is 0 Å². The van der Waals surface area contributed by atoms with Crippen molar-refractivity contribution in [2.24, 2.45) is 0 Å². The van der Waals surface area contributed by atoms with Gasteiger partial charge in [-0.15, -0.1) is 11.3 Å². The van der Waals surface area contributed by atoms with Gasteiger partial charge in [-0.25, -0.2) is 9.97 Å². The minimum atomic E-state index is 0.794. The molecule has 0 aliphatic rings. The molecule has 1 N–H and O–H groups in total. The molecule has 0 radical (unpaired) electrons. The second kappa shape index (κ2) is 5.62. The van der Waals surface area contributed by atoms with Crippen LogP contribution in [0.1, 0.15) is 12.6 Å². The summed E-state index contributed by atoms with van der Waals surface area (Å²) in [5.41, 5.74) is 1.09. The maximum atomic E-state index is 4.61. The highest BCUT2D eigenvalue weighted by Crippen LogP contribution is 2.30. The zero-order valence-corrected chi connectivity index (χ0v) is 14.0. The summed E-state index contributed by atoms with van der Waals surface area (Å²) in [4.78, 5) is 10.2. The molecular weight excluding hydrogens is 413 g/mol. The predicted octanol–water partition coefficient (Wildman–Crippen LogP) is 4.18. The Kier molecular flexibility index (Phi) is 4.37. The number of rotatable bonds is 3. The summed E-state index contributed by atoms with van der Waals surface area (Å²) in [6.45, 7) is 2.11. The van der Waals surface area contributed by atoms with E-state index in [-0.39, 0.29) is 0 Å². The molecule has 6 heteroatoms. The molecular formula is C11H11BrIN3S. The molecule has 0 saturated carbocycles. The molecule has 2 heterocycles. The summed E-state index contributed by atoms with van der Waals surface area (Å²) in [5.74, 6) is 1.69. The SMILES string of the molecule is CCc1nc(-c2cc(Br)cs2)nc(NC)c1I. The van der Waals surface area contributed by atoms with Crippen LogP contribution in [0.3, 0.4) is 0 Å². The van der Waals surface area contributed by atoms with Crippen molar-refractivity contribution in [2.45, 2.75) is 13.3 Å². The topological polar surface area (TPSA) is 37.8 Å². The van der Waals surface area contributed by atoms with Crippen LogP contribution in [0.2, 0.25) is 0 Å². The molecule has 0 aromatic carbocycles. The number of nitrogens with one attached hydrogen (secondary N) is 1. The Balaban J connectivity index is 2.55. The largest absolute Gasteiger partial charge is 0.372 e. The van der Waals surface area contributed by atoms with Gasteiger partial charge in [0, 0.05) is 16.9 Å². The third kappa shape index (κ3) is 2.79. The zero-order valence-electron chi connectivity index (χ0n) is 9.42. The molecule has 0 amide bonds. The fourth-order valence-corrected chi connectivity index (χ4v) is 3.69. The summed E-state index contributed by atoms with van der Waals surface area (Å²) in [7, 11) is 1.89. The molecule has 0 saturated heterocycles. The third-order valence-electron chi connectivity index (χ3n) is 2.28. The lowest BCUT2D eigenvalue weighted by Crippen LogP contribution is -2.04. The second-order valence-corrected chi connectivity index (χ2v) is 6.29. The smallest absolute Gasteiger partial charge is 0.171 e. The molecule has 2 aromatic rings. The van der Waals surface area contributed by atoms with Gasteiger partial charge >= 0.3 is 0 Å². The quantitative estimate of drug-likeness (QED) is 0.752. The van der Waals surface area contributed by atoms with Gasteiger partial charge in [-0.05, 0) is 51.0 Å². The molecule has 2 aromatic heterocycles. The first-order valence-corrected chi connectivity index (χ1v) is 7.89. The summed E-state index contributed by atoms with van der Waals surface area (Å²) >= 11 is 7.39. The Morgan fingerprint density at radius 2 is 2.24 bits per heavy atom. The normalized spacial score (nSPS) is 10.6. The van der Waals surface area contributed by atoms with Crippen molar-refractivity contribution in [2.75, 3.05) is 12.4 Å². The Morgan fingerprint density at radius 1 is 1.47 bits per heavy atom. The lowest BCUT2D eigenvalue weighted by atomic mass is 10.3. The van der Waals surface area contributed by atoms with E-state index in [9.17, 15) is 0 Å². The minimum Gasteiger partial charge on any atom is -0.372 e. The Labute approximate surface area is 126 Å². The van der Waals surface area contributed by atoms with Gasteiger partial charge in [0.25, 0.3) is 0 Å². The van der Waals surface area contributed by atoms with Crippen LogP contribution < -0.4 is 5.32 Å². The molecule has 0 bridgehead atoms. The Bertz CT molecular complexity index is 516. The number of anilines is 1. The zero-order chi connectivity index (χ0) is 12.4. The van der Waals surface area contributed by atoms with Crippen molar-refractivity contribution in [3.8, 4) is 10.7 Å². The molecule has 2 rings (SSSR count). The van der Waals surface area contributed by atoms with E-state index in [4.69, 9.17) is 0 Å². The first-order valence-electron chi connectivity index (χ1n) is 5.14. The summed E-state index contributed by atoms with van der Waals surface area (Å²) < 4.78 is 2.18. The molecule has 0 atom stereocenters. The van der Waals surface area contributed by atoms with Crippen LogP contribution in [0.15, 0.2) is 15.9 Å². The highest BCUT2D eigenvalue weighted by atomic mass is 127. The van der Waals surface area contributed by atoms with E-state index in [0.717, 1.165) is 36.7 Å². The highest BCUT2D eigenvalue weighted by Gasteiger charge is 2.12. The van der Waals surface area contributed by atoms with Gasteiger partial charge in [0.2, 0.25) is 0 Å². The van der Waals surface area contributed by atoms with E-state index in [1.807, 2.05) is 18.5 Å². The van der Waals surface area contributed by atoms with Gasteiger partial charge in [-0.2, -0.15) is 0 Å². The predicted molar refractivity (Wildman–Crippen MR) is 84.7 cm³/mol.